The number of carbonyl (C=O) groups excluding carboxylic acids is 1. The standard InChI is InChI=1S/C6H15N3O/c1-5(8)6(10)9-4-2-3-7/h5H,2-4,7-8H2,1H3,(H,9,10)/t5-/m1/s1. The molecule has 10 heavy (non-hydrogen) atoms. The van der Waals surface area contributed by atoms with Crippen LogP contribution in [0.25, 0.3) is 0 Å². The fraction of sp³-hybridized carbons (Fsp3) is 0.833. The molecule has 60 valence electrons. The van der Waals surface area contributed by atoms with Crippen molar-refractivity contribution in [3.8, 4) is 0 Å². The normalized spacial score (nSPS) is 12.7. The van der Waals surface area contributed by atoms with E-state index in [9.17, 15) is 4.79 Å². The fourth-order valence-electron chi connectivity index (χ4n) is 0.475. The lowest BCUT2D eigenvalue weighted by molar-refractivity contribution is -0.121. The van der Waals surface area contributed by atoms with Crippen molar-refractivity contribution in [1.29, 1.82) is 0 Å². The van der Waals surface area contributed by atoms with Crippen LogP contribution in [0, 0.1) is 0 Å². The highest BCUT2D eigenvalue weighted by Gasteiger charge is 2.03. The molecule has 0 aromatic carbocycles. The van der Waals surface area contributed by atoms with Crippen LogP contribution in [0.2, 0.25) is 0 Å². The Morgan fingerprint density at radius 3 is 2.70 bits per heavy atom. The van der Waals surface area contributed by atoms with Crippen molar-refractivity contribution in [2.24, 2.45) is 11.5 Å². The van der Waals surface area contributed by atoms with E-state index in [4.69, 9.17) is 11.5 Å². The number of rotatable bonds is 4. The summed E-state index contributed by atoms with van der Waals surface area (Å²) in [6.45, 7) is 2.87. The molecule has 0 aromatic rings. The van der Waals surface area contributed by atoms with Crippen molar-refractivity contribution in [1.82, 2.24) is 5.32 Å². The number of hydrogen-bond donors (Lipinski definition) is 3. The van der Waals surface area contributed by atoms with E-state index in [1.807, 2.05) is 0 Å². The van der Waals surface area contributed by atoms with Crippen LogP contribution in [0.3, 0.4) is 0 Å². The molecule has 1 amide bonds. The Hall–Kier alpha value is -0.610. The van der Waals surface area contributed by atoms with Crippen LogP contribution in [0.4, 0.5) is 0 Å². The van der Waals surface area contributed by atoms with E-state index in [1.165, 1.54) is 0 Å². The molecule has 0 spiro atoms. The predicted molar refractivity (Wildman–Crippen MR) is 40.3 cm³/mol. The third-order valence-corrected chi connectivity index (χ3v) is 1.09. The molecular formula is C6H15N3O. The van der Waals surface area contributed by atoms with Gasteiger partial charge >= 0.3 is 0 Å². The minimum Gasteiger partial charge on any atom is -0.355 e. The summed E-state index contributed by atoms with van der Waals surface area (Å²) < 4.78 is 0. The molecule has 0 rings (SSSR count). The Labute approximate surface area is 61.0 Å². The maximum absolute atomic E-state index is 10.7. The van der Waals surface area contributed by atoms with Gasteiger partial charge in [-0.2, -0.15) is 0 Å². The first-order valence-corrected chi connectivity index (χ1v) is 3.42. The largest absolute Gasteiger partial charge is 0.355 e. The van der Waals surface area contributed by atoms with Crippen LogP contribution in [-0.4, -0.2) is 25.0 Å². The third-order valence-electron chi connectivity index (χ3n) is 1.09. The Bertz CT molecular complexity index is 103. The number of carbonyl (C=O) groups is 1. The van der Waals surface area contributed by atoms with Gasteiger partial charge in [-0.25, -0.2) is 0 Å². The number of amides is 1. The molecular weight excluding hydrogens is 130 g/mol. The Morgan fingerprint density at radius 1 is 1.70 bits per heavy atom. The van der Waals surface area contributed by atoms with Gasteiger partial charge in [0.1, 0.15) is 0 Å². The van der Waals surface area contributed by atoms with Crippen molar-refractivity contribution >= 4 is 5.91 Å². The van der Waals surface area contributed by atoms with E-state index < -0.39 is 6.04 Å². The van der Waals surface area contributed by atoms with Gasteiger partial charge in [0.15, 0.2) is 0 Å². The van der Waals surface area contributed by atoms with E-state index in [-0.39, 0.29) is 5.91 Å². The van der Waals surface area contributed by atoms with Crippen molar-refractivity contribution in [3.05, 3.63) is 0 Å². The highest BCUT2D eigenvalue weighted by atomic mass is 16.2. The minimum atomic E-state index is -0.419. The first-order chi connectivity index (χ1) is 4.68. The van der Waals surface area contributed by atoms with Crippen LogP contribution in [0.1, 0.15) is 13.3 Å². The van der Waals surface area contributed by atoms with Crippen LogP contribution in [-0.2, 0) is 4.79 Å². The summed E-state index contributed by atoms with van der Waals surface area (Å²) in [4.78, 5) is 10.7. The van der Waals surface area contributed by atoms with Crippen LogP contribution in [0.5, 0.6) is 0 Å². The molecule has 0 fully saturated rings. The summed E-state index contributed by atoms with van der Waals surface area (Å²) in [7, 11) is 0. The zero-order chi connectivity index (χ0) is 7.98. The number of hydrogen-bond acceptors (Lipinski definition) is 3. The first kappa shape index (κ1) is 9.39. The molecule has 0 radical (unpaired) electrons. The van der Waals surface area contributed by atoms with Crippen molar-refractivity contribution < 1.29 is 4.79 Å². The van der Waals surface area contributed by atoms with Gasteiger partial charge in [0, 0.05) is 6.54 Å². The molecule has 0 aliphatic rings. The van der Waals surface area contributed by atoms with Gasteiger partial charge in [0.25, 0.3) is 0 Å². The lowest BCUT2D eigenvalue weighted by Crippen LogP contribution is -2.39. The number of nitrogens with one attached hydrogen (secondary N) is 1. The van der Waals surface area contributed by atoms with Gasteiger partial charge in [-0.3, -0.25) is 4.79 Å². The quantitative estimate of drug-likeness (QED) is 0.434. The van der Waals surface area contributed by atoms with E-state index in [1.54, 1.807) is 6.92 Å². The van der Waals surface area contributed by atoms with Gasteiger partial charge in [-0.05, 0) is 19.9 Å². The predicted octanol–water partition coefficient (Wildman–Crippen LogP) is -1.20. The average molecular weight is 145 g/mol. The summed E-state index contributed by atoms with van der Waals surface area (Å²) in [5, 5.41) is 2.64. The zero-order valence-corrected chi connectivity index (χ0v) is 6.26. The molecule has 0 unspecified atom stereocenters. The first-order valence-electron chi connectivity index (χ1n) is 3.42. The molecule has 0 saturated carbocycles. The molecule has 5 N–H and O–H groups in total. The van der Waals surface area contributed by atoms with Crippen LogP contribution >= 0.6 is 0 Å². The Balaban J connectivity index is 3.22. The minimum absolute atomic E-state index is 0.117. The van der Waals surface area contributed by atoms with Crippen molar-refractivity contribution in [2.75, 3.05) is 13.1 Å². The summed E-state index contributed by atoms with van der Waals surface area (Å²) in [6.07, 6.45) is 0.804. The zero-order valence-electron chi connectivity index (χ0n) is 6.26. The Kier molecular flexibility index (Phi) is 4.88. The SMILES string of the molecule is C[C@@H](N)C(=O)NCCCN. The maximum Gasteiger partial charge on any atom is 0.236 e. The second-order valence-electron chi connectivity index (χ2n) is 2.22. The lowest BCUT2D eigenvalue weighted by Gasteiger charge is -2.05. The molecule has 1 atom stereocenters. The maximum atomic E-state index is 10.7. The van der Waals surface area contributed by atoms with E-state index >= 15 is 0 Å². The third kappa shape index (κ3) is 4.29. The summed E-state index contributed by atoms with van der Waals surface area (Å²) in [5.74, 6) is -0.117. The molecule has 0 bridgehead atoms. The van der Waals surface area contributed by atoms with Crippen molar-refractivity contribution in [2.45, 2.75) is 19.4 Å². The molecule has 0 aromatic heterocycles. The summed E-state index contributed by atoms with van der Waals surface area (Å²) >= 11 is 0. The van der Waals surface area contributed by atoms with E-state index in [0.717, 1.165) is 6.42 Å². The molecule has 0 aliphatic heterocycles. The van der Waals surface area contributed by atoms with Gasteiger partial charge in [0.2, 0.25) is 5.91 Å². The van der Waals surface area contributed by atoms with E-state index in [0.29, 0.717) is 13.1 Å². The highest BCUT2D eigenvalue weighted by Crippen LogP contribution is 1.75. The molecule has 0 aliphatic carbocycles. The van der Waals surface area contributed by atoms with Gasteiger partial charge in [-0.1, -0.05) is 0 Å². The van der Waals surface area contributed by atoms with E-state index in [2.05, 4.69) is 5.32 Å². The monoisotopic (exact) mass is 145 g/mol. The molecule has 4 heteroatoms. The van der Waals surface area contributed by atoms with Gasteiger partial charge in [-0.15, -0.1) is 0 Å². The molecule has 4 nitrogen and oxygen atoms in total. The smallest absolute Gasteiger partial charge is 0.236 e. The highest BCUT2D eigenvalue weighted by molar-refractivity contribution is 5.80. The summed E-state index contributed by atoms with van der Waals surface area (Å²) in [6, 6.07) is -0.419. The van der Waals surface area contributed by atoms with Crippen molar-refractivity contribution in [3.63, 3.8) is 0 Å². The molecule has 0 heterocycles. The van der Waals surface area contributed by atoms with Gasteiger partial charge < -0.3 is 16.8 Å². The van der Waals surface area contributed by atoms with Gasteiger partial charge in [0.05, 0.1) is 6.04 Å². The second-order valence-corrected chi connectivity index (χ2v) is 2.22. The fourth-order valence-corrected chi connectivity index (χ4v) is 0.475. The summed E-state index contributed by atoms with van der Waals surface area (Å²) in [5.41, 5.74) is 10.5. The average Bonchev–Trinajstić information content (AvgIpc) is 1.88. The van der Waals surface area contributed by atoms with Crippen LogP contribution < -0.4 is 16.8 Å². The molecule has 0 saturated heterocycles. The topological polar surface area (TPSA) is 81.1 Å². The second kappa shape index (κ2) is 5.20. The Morgan fingerprint density at radius 2 is 2.30 bits per heavy atom. The van der Waals surface area contributed by atoms with Crippen LogP contribution in [0.15, 0.2) is 0 Å². The lowest BCUT2D eigenvalue weighted by atomic mass is 10.3. The number of nitrogens with two attached hydrogens (primary N) is 2.